The second kappa shape index (κ2) is 13.1. The van der Waals surface area contributed by atoms with Crippen LogP contribution in [0.5, 0.6) is 17.4 Å². The number of benzene rings is 2. The highest BCUT2D eigenvalue weighted by molar-refractivity contribution is 7.96. The van der Waals surface area contributed by atoms with E-state index in [-0.39, 0.29) is 33.5 Å². The highest BCUT2D eigenvalue weighted by Crippen LogP contribution is 2.40. The highest BCUT2D eigenvalue weighted by atomic mass is 32.2. The van der Waals surface area contributed by atoms with Crippen molar-refractivity contribution in [3.8, 4) is 23.1 Å². The fraction of sp³-hybridized carbons (Fsp3) is 0.265. The summed E-state index contributed by atoms with van der Waals surface area (Å²) in [5.41, 5.74) is 10.6. The van der Waals surface area contributed by atoms with Crippen LogP contribution in [0.1, 0.15) is 68.6 Å². The van der Waals surface area contributed by atoms with Gasteiger partial charge in [-0.2, -0.15) is 5.10 Å². The van der Waals surface area contributed by atoms with E-state index in [0.29, 0.717) is 17.1 Å². The average Bonchev–Trinajstić information content (AvgIpc) is 3.59. The van der Waals surface area contributed by atoms with Crippen molar-refractivity contribution in [3.05, 3.63) is 95.8 Å². The number of carbonyl (C=O) groups excluding carboxylic acids is 1. The Morgan fingerprint density at radius 2 is 1.96 bits per heavy atom. The maximum Gasteiger partial charge on any atom is 0.219 e. The fourth-order valence-corrected chi connectivity index (χ4v) is 5.78. The van der Waals surface area contributed by atoms with E-state index in [0.717, 1.165) is 47.1 Å². The number of carbonyl (C=O) groups is 1. The number of allylic oxidation sites excluding steroid dienone is 1. The minimum Gasteiger partial charge on any atom is -0.436 e. The fourth-order valence-electron chi connectivity index (χ4n) is 4.94. The number of rotatable bonds is 13. The highest BCUT2D eigenvalue weighted by Gasteiger charge is 2.26. The quantitative estimate of drug-likeness (QED) is 0.0875. The largest absolute Gasteiger partial charge is 0.436 e. The molecule has 45 heavy (non-hydrogen) atoms. The number of nitrogens with two attached hydrogens (primary N) is 1. The van der Waals surface area contributed by atoms with Crippen LogP contribution in [0.2, 0.25) is 0 Å². The number of halogens is 1. The Morgan fingerprint density at radius 3 is 2.64 bits per heavy atom. The number of pyridine rings is 1. The Morgan fingerprint density at radius 1 is 1.18 bits per heavy atom. The first-order valence-corrected chi connectivity index (χ1v) is 15.5. The van der Waals surface area contributed by atoms with Crippen LogP contribution in [-0.4, -0.2) is 30.3 Å². The summed E-state index contributed by atoms with van der Waals surface area (Å²) in [6.07, 6.45) is 6.01. The van der Waals surface area contributed by atoms with Gasteiger partial charge in [0.2, 0.25) is 11.7 Å². The first-order valence-electron chi connectivity index (χ1n) is 14.7. The molecule has 0 amide bonds. The molecule has 0 radical (unpaired) electrons. The van der Waals surface area contributed by atoms with E-state index >= 15 is 0 Å². The smallest absolute Gasteiger partial charge is 0.219 e. The second-order valence-corrected chi connectivity index (χ2v) is 12.6. The molecular formula is C34H37FN6O3S. The summed E-state index contributed by atoms with van der Waals surface area (Å²) in [4.78, 5) is 21.2. The number of H-pyrrole nitrogens is 1. The molecule has 0 saturated heterocycles. The first kappa shape index (κ1) is 31.6. The summed E-state index contributed by atoms with van der Waals surface area (Å²) in [6, 6.07) is 13.4. The van der Waals surface area contributed by atoms with E-state index in [1.807, 2.05) is 26.0 Å². The average molecular weight is 629 g/mol. The number of aromatic amines is 1. The molecule has 0 aliphatic heterocycles. The van der Waals surface area contributed by atoms with E-state index in [1.54, 1.807) is 24.3 Å². The van der Waals surface area contributed by atoms with Crippen LogP contribution in [0.4, 0.5) is 15.9 Å². The summed E-state index contributed by atoms with van der Waals surface area (Å²) in [5.74, 6) is 0.294. The van der Waals surface area contributed by atoms with Gasteiger partial charge in [0, 0.05) is 22.7 Å². The van der Waals surface area contributed by atoms with Gasteiger partial charge in [0.15, 0.2) is 17.3 Å². The number of nitrogen functional groups attached to an aromatic ring is 1. The van der Waals surface area contributed by atoms with Gasteiger partial charge in [-0.15, -0.1) is 0 Å². The number of nitrogens with one attached hydrogen (secondary N) is 2. The number of hydrogen-bond donors (Lipinski definition) is 3. The summed E-state index contributed by atoms with van der Waals surface area (Å²) in [7, 11) is 0. The lowest BCUT2D eigenvalue weighted by atomic mass is 10.0. The van der Waals surface area contributed by atoms with Crippen molar-refractivity contribution in [1.29, 1.82) is 0 Å². The third-order valence-electron chi connectivity index (χ3n) is 7.56. The van der Waals surface area contributed by atoms with Crippen LogP contribution in [0.3, 0.4) is 0 Å². The van der Waals surface area contributed by atoms with Crippen LogP contribution < -0.4 is 20.0 Å². The second-order valence-electron chi connectivity index (χ2n) is 11.3. The van der Waals surface area contributed by atoms with Crippen LogP contribution >= 0.6 is 12.0 Å². The Bertz CT molecular complexity index is 1880. The Kier molecular flexibility index (Phi) is 9.19. The zero-order chi connectivity index (χ0) is 32.3. The maximum atomic E-state index is 14.0. The molecule has 0 saturated carbocycles. The topological polar surface area (TPSA) is 120 Å². The van der Waals surface area contributed by atoms with E-state index in [9.17, 15) is 9.18 Å². The lowest BCUT2D eigenvalue weighted by Crippen LogP contribution is -2.19. The monoisotopic (exact) mass is 628 g/mol. The molecule has 1 unspecified atom stereocenters. The summed E-state index contributed by atoms with van der Waals surface area (Å²) >= 11 is 1.46. The van der Waals surface area contributed by atoms with E-state index < -0.39 is 5.82 Å². The Labute approximate surface area is 266 Å². The van der Waals surface area contributed by atoms with Crippen molar-refractivity contribution >= 4 is 40.2 Å². The minimum atomic E-state index is -0.491. The number of aryl methyl sites for hydroxylation is 1. The van der Waals surface area contributed by atoms with Crippen molar-refractivity contribution in [3.63, 3.8) is 0 Å². The van der Waals surface area contributed by atoms with Gasteiger partial charge in [-0.05, 0) is 69.5 Å². The minimum absolute atomic E-state index is 0.0256. The number of anilines is 2. The molecule has 11 heteroatoms. The van der Waals surface area contributed by atoms with Crippen LogP contribution in [-0.2, 0) is 0 Å². The summed E-state index contributed by atoms with van der Waals surface area (Å²) < 4.78 is 27.3. The van der Waals surface area contributed by atoms with Gasteiger partial charge in [-0.3, -0.25) is 4.79 Å². The van der Waals surface area contributed by atoms with Gasteiger partial charge in [0.05, 0.1) is 51.8 Å². The van der Waals surface area contributed by atoms with E-state index in [1.165, 1.54) is 41.3 Å². The van der Waals surface area contributed by atoms with Crippen molar-refractivity contribution in [1.82, 2.24) is 19.7 Å². The number of ether oxygens (including phenoxy) is 1. The lowest BCUT2D eigenvalue weighted by molar-refractivity contribution is 0.103. The SMILES string of the molecule is C=C(C)Nc1cc2[nH]c(C(=O)c3cnn(-c4cnc(Oc5ccccc5F)cc4C)c3N)cc2cc1OSC(C)(CC)CCC. The molecular weight excluding hydrogens is 591 g/mol. The third-order valence-corrected chi connectivity index (χ3v) is 8.72. The van der Waals surface area contributed by atoms with Gasteiger partial charge in [-0.25, -0.2) is 14.1 Å². The normalized spacial score (nSPS) is 12.6. The predicted molar refractivity (Wildman–Crippen MR) is 179 cm³/mol. The maximum absolute atomic E-state index is 14.0. The number of nitrogens with zero attached hydrogens (tertiary/aromatic N) is 3. The molecule has 234 valence electrons. The number of fused-ring (bicyclic) bond motifs is 1. The number of ketones is 1. The third kappa shape index (κ3) is 6.83. The predicted octanol–water partition coefficient (Wildman–Crippen LogP) is 8.74. The summed E-state index contributed by atoms with van der Waals surface area (Å²) in [5, 5.41) is 8.47. The van der Waals surface area contributed by atoms with Gasteiger partial charge < -0.3 is 25.0 Å². The molecule has 0 fully saturated rings. The van der Waals surface area contributed by atoms with Gasteiger partial charge >= 0.3 is 0 Å². The van der Waals surface area contributed by atoms with Crippen molar-refractivity contribution in [2.75, 3.05) is 11.1 Å². The van der Waals surface area contributed by atoms with E-state index in [2.05, 4.69) is 47.7 Å². The molecule has 3 aromatic heterocycles. The molecule has 9 nitrogen and oxygen atoms in total. The molecule has 0 spiro atoms. The van der Waals surface area contributed by atoms with Crippen LogP contribution in [0.25, 0.3) is 16.6 Å². The first-order chi connectivity index (χ1) is 21.5. The van der Waals surface area contributed by atoms with Crippen molar-refractivity contribution in [2.24, 2.45) is 0 Å². The summed E-state index contributed by atoms with van der Waals surface area (Å²) in [6.45, 7) is 14.2. The number of hydrogen-bond acceptors (Lipinski definition) is 8. The Hall–Kier alpha value is -4.77. The number of aromatic nitrogens is 4. The van der Waals surface area contributed by atoms with Gasteiger partial charge in [0.1, 0.15) is 5.82 Å². The van der Waals surface area contributed by atoms with Gasteiger partial charge in [0.25, 0.3) is 0 Å². The molecule has 4 N–H and O–H groups in total. The van der Waals surface area contributed by atoms with Crippen LogP contribution in [0, 0.1) is 12.7 Å². The molecule has 5 aromatic rings. The van der Waals surface area contributed by atoms with Gasteiger partial charge in [-0.1, -0.05) is 39.0 Å². The molecule has 1 atom stereocenters. The lowest BCUT2D eigenvalue weighted by Gasteiger charge is -2.26. The molecule has 0 bridgehead atoms. The van der Waals surface area contributed by atoms with E-state index in [4.69, 9.17) is 14.7 Å². The zero-order valence-electron chi connectivity index (χ0n) is 26.0. The molecule has 3 heterocycles. The van der Waals surface area contributed by atoms with Crippen molar-refractivity contribution in [2.45, 2.75) is 58.6 Å². The standard InChI is InChI=1S/C34H37FN6O3S/c1-7-13-34(6,8-2)45-44-30-16-22-15-27(40-25(22)17-26(30)39-20(3)4)32(42)23-18-38-41(33(23)36)28-19-37-31(14-21(28)5)43-29-12-10-9-11-24(29)35/h9-12,14-19,39-40H,3,7-8,13,36H2,1-2,4-6H3. The Balaban J connectivity index is 1.41. The number of para-hydroxylation sites is 1. The molecule has 0 aliphatic carbocycles. The van der Waals surface area contributed by atoms with Crippen LogP contribution in [0.15, 0.2) is 73.2 Å². The molecule has 5 rings (SSSR count). The zero-order valence-corrected chi connectivity index (χ0v) is 26.8. The molecule has 2 aromatic carbocycles. The van der Waals surface area contributed by atoms with Crippen molar-refractivity contribution < 1.29 is 18.1 Å². The molecule has 0 aliphatic rings.